The summed E-state index contributed by atoms with van der Waals surface area (Å²) in [6.07, 6.45) is 1.53. The van der Waals surface area contributed by atoms with Gasteiger partial charge in [0.15, 0.2) is 0 Å². The van der Waals surface area contributed by atoms with Crippen molar-refractivity contribution in [1.29, 1.82) is 0 Å². The first-order chi connectivity index (χ1) is 11.7. The number of piperidine rings is 1. The molecule has 2 rings (SSSR count). The van der Waals surface area contributed by atoms with Crippen molar-refractivity contribution in [2.24, 2.45) is 0 Å². The van der Waals surface area contributed by atoms with Gasteiger partial charge in [-0.2, -0.15) is 0 Å². The number of ether oxygens (including phenoxy) is 2. The summed E-state index contributed by atoms with van der Waals surface area (Å²) >= 11 is 0. The molecule has 2 heterocycles. The number of aromatic nitrogens is 1. The van der Waals surface area contributed by atoms with Crippen molar-refractivity contribution in [3.63, 3.8) is 0 Å². The molecule has 1 aromatic rings. The Labute approximate surface area is 147 Å². The molecule has 1 atom stereocenters. The molecule has 1 aliphatic rings. The van der Waals surface area contributed by atoms with E-state index in [2.05, 4.69) is 10.3 Å². The van der Waals surface area contributed by atoms with Crippen molar-refractivity contribution in [3.05, 3.63) is 23.9 Å². The molecule has 0 bridgehead atoms. The average molecular weight is 348 g/mol. The largest absolute Gasteiger partial charge is 0.478 e. The number of hydrogen-bond acceptors (Lipinski definition) is 6. The Morgan fingerprint density at radius 3 is 2.76 bits per heavy atom. The fourth-order valence-electron chi connectivity index (χ4n) is 2.47. The van der Waals surface area contributed by atoms with Crippen LogP contribution >= 0.6 is 0 Å². The van der Waals surface area contributed by atoms with Crippen LogP contribution in [0, 0.1) is 0 Å². The van der Waals surface area contributed by atoms with E-state index in [-0.39, 0.29) is 24.2 Å². The molecule has 1 aliphatic heterocycles. The number of esters is 1. The van der Waals surface area contributed by atoms with Gasteiger partial charge in [-0.15, -0.1) is 0 Å². The molecule has 2 amide bonds. The van der Waals surface area contributed by atoms with Gasteiger partial charge in [0.1, 0.15) is 5.60 Å². The van der Waals surface area contributed by atoms with Crippen LogP contribution in [0.25, 0.3) is 0 Å². The summed E-state index contributed by atoms with van der Waals surface area (Å²) in [5.41, 5.74) is 0.0881. The van der Waals surface area contributed by atoms with Gasteiger partial charge in [-0.25, -0.2) is 4.98 Å². The second kappa shape index (κ2) is 8.09. The quantitative estimate of drug-likeness (QED) is 0.481. The van der Waals surface area contributed by atoms with Gasteiger partial charge in [0.25, 0.3) is 0 Å². The van der Waals surface area contributed by atoms with Crippen molar-refractivity contribution < 1.29 is 23.9 Å². The number of carbonyl (C=O) groups is 3. The summed E-state index contributed by atoms with van der Waals surface area (Å²) in [7, 11) is 0. The SMILES string of the molecule is CC(C)(C)OC(=O)CCCOc1cccc(C2CCC(=O)NC2=O)n1. The Kier molecular flexibility index (Phi) is 6.12. The Hall–Kier alpha value is -2.44. The zero-order valence-corrected chi connectivity index (χ0v) is 14.8. The summed E-state index contributed by atoms with van der Waals surface area (Å²) < 4.78 is 10.8. The van der Waals surface area contributed by atoms with Crippen molar-refractivity contribution in [3.8, 4) is 5.88 Å². The highest BCUT2D eigenvalue weighted by molar-refractivity contribution is 6.00. The summed E-state index contributed by atoms with van der Waals surface area (Å²) in [5.74, 6) is -0.891. The van der Waals surface area contributed by atoms with Crippen LogP contribution < -0.4 is 10.1 Å². The normalized spacial score (nSPS) is 17.8. The van der Waals surface area contributed by atoms with Crippen LogP contribution in [0.5, 0.6) is 5.88 Å². The van der Waals surface area contributed by atoms with Crippen LogP contribution in [0.3, 0.4) is 0 Å². The molecular formula is C18H24N2O5. The molecular weight excluding hydrogens is 324 g/mol. The highest BCUT2D eigenvalue weighted by atomic mass is 16.6. The minimum Gasteiger partial charge on any atom is -0.478 e. The van der Waals surface area contributed by atoms with E-state index in [1.54, 1.807) is 18.2 Å². The lowest BCUT2D eigenvalue weighted by molar-refractivity contribution is -0.155. The van der Waals surface area contributed by atoms with Crippen LogP contribution in [-0.4, -0.2) is 35.0 Å². The number of amides is 2. The number of imide groups is 1. The minimum absolute atomic E-state index is 0.254. The van der Waals surface area contributed by atoms with Crippen LogP contribution in [0.15, 0.2) is 18.2 Å². The highest BCUT2D eigenvalue weighted by Gasteiger charge is 2.29. The van der Waals surface area contributed by atoms with Gasteiger partial charge in [-0.05, 0) is 39.7 Å². The fraction of sp³-hybridized carbons (Fsp3) is 0.556. The Morgan fingerprint density at radius 2 is 2.08 bits per heavy atom. The molecule has 1 saturated heterocycles. The zero-order valence-electron chi connectivity index (χ0n) is 14.8. The van der Waals surface area contributed by atoms with Crippen LogP contribution in [0.2, 0.25) is 0 Å². The highest BCUT2D eigenvalue weighted by Crippen LogP contribution is 2.24. The zero-order chi connectivity index (χ0) is 18.4. The number of pyridine rings is 1. The number of rotatable bonds is 6. The van der Waals surface area contributed by atoms with E-state index in [0.29, 0.717) is 37.4 Å². The summed E-state index contributed by atoms with van der Waals surface area (Å²) in [6, 6.07) is 5.20. The van der Waals surface area contributed by atoms with Gasteiger partial charge in [-0.1, -0.05) is 6.07 Å². The number of nitrogens with one attached hydrogen (secondary N) is 1. The van der Waals surface area contributed by atoms with Gasteiger partial charge in [0.05, 0.1) is 18.2 Å². The molecule has 1 fully saturated rings. The Morgan fingerprint density at radius 1 is 1.32 bits per heavy atom. The van der Waals surface area contributed by atoms with Crippen molar-refractivity contribution >= 4 is 17.8 Å². The molecule has 7 heteroatoms. The molecule has 7 nitrogen and oxygen atoms in total. The van der Waals surface area contributed by atoms with Crippen molar-refractivity contribution in [2.75, 3.05) is 6.61 Å². The van der Waals surface area contributed by atoms with E-state index >= 15 is 0 Å². The van der Waals surface area contributed by atoms with E-state index in [1.165, 1.54) is 0 Å². The van der Waals surface area contributed by atoms with Gasteiger partial charge in [0.2, 0.25) is 17.7 Å². The molecule has 0 saturated carbocycles. The van der Waals surface area contributed by atoms with Crippen molar-refractivity contribution in [1.82, 2.24) is 10.3 Å². The summed E-state index contributed by atoms with van der Waals surface area (Å²) in [4.78, 5) is 39.1. The first-order valence-corrected chi connectivity index (χ1v) is 8.40. The molecule has 25 heavy (non-hydrogen) atoms. The monoisotopic (exact) mass is 348 g/mol. The van der Waals surface area contributed by atoms with E-state index in [9.17, 15) is 14.4 Å². The second-order valence-corrected chi connectivity index (χ2v) is 6.94. The Balaban J connectivity index is 1.83. The standard InChI is InChI=1S/C18H24N2O5/c1-18(2,3)25-16(22)8-5-11-24-15-7-4-6-13(19-15)12-9-10-14(21)20-17(12)23/h4,6-7,12H,5,8-11H2,1-3H3,(H,20,21,23). The smallest absolute Gasteiger partial charge is 0.306 e. The maximum absolute atomic E-state index is 11.9. The number of hydrogen-bond donors (Lipinski definition) is 1. The molecule has 136 valence electrons. The lowest BCUT2D eigenvalue weighted by Gasteiger charge is -2.20. The summed E-state index contributed by atoms with van der Waals surface area (Å²) in [6.45, 7) is 5.80. The third-order valence-corrected chi connectivity index (χ3v) is 3.54. The molecule has 1 unspecified atom stereocenters. The van der Waals surface area contributed by atoms with E-state index in [4.69, 9.17) is 9.47 Å². The molecule has 1 N–H and O–H groups in total. The third-order valence-electron chi connectivity index (χ3n) is 3.54. The van der Waals surface area contributed by atoms with Gasteiger partial charge >= 0.3 is 5.97 Å². The topological polar surface area (TPSA) is 94.6 Å². The summed E-state index contributed by atoms with van der Waals surface area (Å²) in [5, 5.41) is 2.32. The maximum Gasteiger partial charge on any atom is 0.306 e. The number of nitrogens with zero attached hydrogens (tertiary/aromatic N) is 1. The van der Waals surface area contributed by atoms with Crippen LogP contribution in [0.1, 0.15) is 58.1 Å². The van der Waals surface area contributed by atoms with Crippen molar-refractivity contribution in [2.45, 2.75) is 58.0 Å². The molecule has 0 radical (unpaired) electrons. The first kappa shape index (κ1) is 18.9. The van der Waals surface area contributed by atoms with Crippen LogP contribution in [-0.2, 0) is 19.1 Å². The lowest BCUT2D eigenvalue weighted by Crippen LogP contribution is -2.39. The van der Waals surface area contributed by atoms with E-state index < -0.39 is 11.5 Å². The maximum atomic E-state index is 11.9. The average Bonchev–Trinajstić information content (AvgIpc) is 2.50. The predicted molar refractivity (Wildman–Crippen MR) is 89.9 cm³/mol. The minimum atomic E-state index is -0.490. The fourth-order valence-corrected chi connectivity index (χ4v) is 2.47. The number of carbonyl (C=O) groups excluding carboxylic acids is 3. The van der Waals surface area contributed by atoms with Crippen LogP contribution in [0.4, 0.5) is 0 Å². The van der Waals surface area contributed by atoms with Gasteiger partial charge in [-0.3, -0.25) is 19.7 Å². The molecule has 1 aromatic heterocycles. The van der Waals surface area contributed by atoms with Gasteiger partial charge in [0, 0.05) is 18.9 Å². The molecule has 0 spiro atoms. The third kappa shape index (κ3) is 6.17. The van der Waals surface area contributed by atoms with E-state index in [0.717, 1.165) is 0 Å². The van der Waals surface area contributed by atoms with Gasteiger partial charge < -0.3 is 9.47 Å². The predicted octanol–water partition coefficient (Wildman–Crippen LogP) is 2.10. The Bertz CT molecular complexity index is 651. The molecule has 0 aliphatic carbocycles. The lowest BCUT2D eigenvalue weighted by atomic mass is 9.94. The second-order valence-electron chi connectivity index (χ2n) is 6.94. The van der Waals surface area contributed by atoms with E-state index in [1.807, 2.05) is 20.8 Å². The first-order valence-electron chi connectivity index (χ1n) is 8.40. The molecule has 0 aromatic carbocycles.